The van der Waals surface area contributed by atoms with Crippen LogP contribution in [0.5, 0.6) is 5.75 Å². The van der Waals surface area contributed by atoms with Gasteiger partial charge < -0.3 is 4.74 Å². The SMILES string of the molecule is COc1ccc(SC)c(/C(C)=C/C2NNC(=O)CC2C)c1. The number of hydrogen-bond acceptors (Lipinski definition) is 4. The van der Waals surface area contributed by atoms with Crippen LogP contribution in [0.4, 0.5) is 0 Å². The third-order valence-corrected chi connectivity index (χ3v) is 4.56. The minimum Gasteiger partial charge on any atom is -0.497 e. The summed E-state index contributed by atoms with van der Waals surface area (Å²) in [4.78, 5) is 12.6. The number of amides is 1. The molecule has 2 unspecified atom stereocenters. The molecule has 4 nitrogen and oxygen atoms in total. The van der Waals surface area contributed by atoms with E-state index in [-0.39, 0.29) is 17.9 Å². The average Bonchev–Trinajstić information content (AvgIpc) is 2.49. The molecule has 2 N–H and O–H groups in total. The summed E-state index contributed by atoms with van der Waals surface area (Å²) in [5, 5.41) is 0. The van der Waals surface area contributed by atoms with Gasteiger partial charge in [-0.05, 0) is 48.4 Å². The second-order valence-electron chi connectivity index (χ2n) is 5.32. The van der Waals surface area contributed by atoms with Crippen LogP contribution in [0.25, 0.3) is 5.57 Å². The quantitative estimate of drug-likeness (QED) is 0.840. The van der Waals surface area contributed by atoms with Crippen molar-refractivity contribution in [3.63, 3.8) is 0 Å². The molecule has 1 aliphatic heterocycles. The normalized spacial score (nSPS) is 22.9. The summed E-state index contributed by atoms with van der Waals surface area (Å²) in [6, 6.07) is 6.26. The van der Waals surface area contributed by atoms with Crippen LogP contribution in [0.3, 0.4) is 0 Å². The highest BCUT2D eigenvalue weighted by Gasteiger charge is 2.23. The fraction of sp³-hybridized carbons (Fsp3) is 0.438. The largest absolute Gasteiger partial charge is 0.497 e. The van der Waals surface area contributed by atoms with Crippen molar-refractivity contribution in [2.24, 2.45) is 5.92 Å². The lowest BCUT2D eigenvalue weighted by Gasteiger charge is -2.28. The van der Waals surface area contributed by atoms with Crippen LogP contribution in [-0.2, 0) is 4.79 Å². The monoisotopic (exact) mass is 306 g/mol. The van der Waals surface area contributed by atoms with Crippen molar-refractivity contribution in [3.8, 4) is 5.75 Å². The van der Waals surface area contributed by atoms with E-state index in [9.17, 15) is 4.79 Å². The van der Waals surface area contributed by atoms with Gasteiger partial charge in [-0.15, -0.1) is 11.8 Å². The molecule has 1 aromatic rings. The molecule has 0 aliphatic carbocycles. The molecule has 0 bridgehead atoms. The molecule has 0 spiro atoms. The number of hydrogen-bond donors (Lipinski definition) is 2. The number of thioether (sulfide) groups is 1. The Morgan fingerprint density at radius 2 is 2.24 bits per heavy atom. The molecule has 2 rings (SSSR count). The van der Waals surface area contributed by atoms with Crippen LogP contribution >= 0.6 is 11.8 Å². The summed E-state index contributed by atoms with van der Waals surface area (Å²) in [7, 11) is 1.68. The van der Waals surface area contributed by atoms with Gasteiger partial charge in [0.25, 0.3) is 0 Å². The van der Waals surface area contributed by atoms with Crippen LogP contribution in [0.2, 0.25) is 0 Å². The van der Waals surface area contributed by atoms with E-state index in [1.165, 1.54) is 16.0 Å². The van der Waals surface area contributed by atoms with Crippen LogP contribution in [0.1, 0.15) is 25.8 Å². The molecule has 1 saturated heterocycles. The van der Waals surface area contributed by atoms with Gasteiger partial charge in [0.1, 0.15) is 5.75 Å². The molecule has 1 fully saturated rings. The number of allylic oxidation sites excluding steroid dienone is 1. The van der Waals surface area contributed by atoms with Gasteiger partial charge >= 0.3 is 0 Å². The van der Waals surface area contributed by atoms with E-state index in [1.54, 1.807) is 18.9 Å². The van der Waals surface area contributed by atoms with Gasteiger partial charge in [-0.3, -0.25) is 10.2 Å². The van der Waals surface area contributed by atoms with Gasteiger partial charge in [-0.25, -0.2) is 5.43 Å². The first kappa shape index (κ1) is 15.9. The number of rotatable bonds is 4. The summed E-state index contributed by atoms with van der Waals surface area (Å²) >= 11 is 1.72. The highest BCUT2D eigenvalue weighted by atomic mass is 32.2. The zero-order valence-electron chi connectivity index (χ0n) is 12.9. The summed E-state index contributed by atoms with van der Waals surface area (Å²) in [5.41, 5.74) is 8.13. The lowest BCUT2D eigenvalue weighted by atomic mass is 9.93. The van der Waals surface area contributed by atoms with Crippen molar-refractivity contribution in [2.75, 3.05) is 13.4 Å². The maximum Gasteiger partial charge on any atom is 0.234 e. The molecule has 5 heteroatoms. The van der Waals surface area contributed by atoms with Crippen LogP contribution < -0.4 is 15.6 Å². The Kier molecular flexibility index (Phi) is 5.31. The van der Waals surface area contributed by atoms with Crippen LogP contribution in [0, 0.1) is 5.92 Å². The van der Waals surface area contributed by atoms with Crippen LogP contribution in [-0.4, -0.2) is 25.3 Å². The Hall–Kier alpha value is -1.46. The van der Waals surface area contributed by atoms with Gasteiger partial charge in [-0.2, -0.15) is 0 Å². The van der Waals surface area contributed by atoms with Gasteiger partial charge in [0.15, 0.2) is 0 Å². The second kappa shape index (κ2) is 7.00. The van der Waals surface area contributed by atoms with Crippen molar-refractivity contribution in [1.82, 2.24) is 10.9 Å². The van der Waals surface area contributed by atoms with E-state index >= 15 is 0 Å². The molecule has 0 radical (unpaired) electrons. The lowest BCUT2D eigenvalue weighted by Crippen LogP contribution is -2.52. The number of methoxy groups -OCH3 is 1. The van der Waals surface area contributed by atoms with E-state index in [2.05, 4.69) is 49.2 Å². The predicted molar refractivity (Wildman–Crippen MR) is 87.3 cm³/mol. The Morgan fingerprint density at radius 1 is 1.48 bits per heavy atom. The minimum absolute atomic E-state index is 0.0518. The highest BCUT2D eigenvalue weighted by Crippen LogP contribution is 2.31. The third kappa shape index (κ3) is 3.80. The number of benzene rings is 1. The first-order valence-electron chi connectivity index (χ1n) is 7.00. The smallest absolute Gasteiger partial charge is 0.234 e. The van der Waals surface area contributed by atoms with Gasteiger partial charge in [0.2, 0.25) is 5.91 Å². The maximum absolute atomic E-state index is 11.3. The fourth-order valence-corrected chi connectivity index (χ4v) is 3.11. The fourth-order valence-electron chi connectivity index (χ4n) is 2.46. The molecule has 21 heavy (non-hydrogen) atoms. The second-order valence-corrected chi connectivity index (χ2v) is 6.16. The van der Waals surface area contributed by atoms with Crippen LogP contribution in [0.15, 0.2) is 29.2 Å². The summed E-state index contributed by atoms with van der Waals surface area (Å²) in [6.45, 7) is 4.18. The lowest BCUT2D eigenvalue weighted by molar-refractivity contribution is -0.125. The Balaban J connectivity index is 2.27. The van der Waals surface area contributed by atoms with Crippen molar-refractivity contribution in [2.45, 2.75) is 31.2 Å². The summed E-state index contributed by atoms with van der Waals surface area (Å²) in [6.07, 6.45) is 4.80. The molecular weight excluding hydrogens is 284 g/mol. The number of carbonyl (C=O) groups is 1. The Morgan fingerprint density at radius 3 is 2.86 bits per heavy atom. The van der Waals surface area contributed by atoms with Gasteiger partial charge in [0, 0.05) is 17.4 Å². The highest BCUT2D eigenvalue weighted by molar-refractivity contribution is 7.98. The van der Waals surface area contributed by atoms with E-state index in [1.807, 2.05) is 6.07 Å². The zero-order chi connectivity index (χ0) is 15.4. The first-order chi connectivity index (χ1) is 10.0. The van der Waals surface area contributed by atoms with Crippen molar-refractivity contribution < 1.29 is 9.53 Å². The topological polar surface area (TPSA) is 50.4 Å². The number of ether oxygens (including phenoxy) is 1. The molecule has 114 valence electrons. The minimum atomic E-state index is 0.0518. The van der Waals surface area contributed by atoms with E-state index in [4.69, 9.17) is 4.74 Å². The molecule has 0 saturated carbocycles. The number of hydrazine groups is 1. The van der Waals surface area contributed by atoms with Crippen molar-refractivity contribution in [3.05, 3.63) is 29.8 Å². The predicted octanol–water partition coefficient (Wildman–Crippen LogP) is 2.85. The van der Waals surface area contributed by atoms with Gasteiger partial charge in [-0.1, -0.05) is 13.0 Å². The Bertz CT molecular complexity index is 557. The molecular formula is C16H22N2O2S. The standard InChI is InChI=1S/C16H22N2O2S/c1-10(7-14-11(2)8-16(19)18-17-14)13-9-12(20-3)5-6-15(13)21-4/h5-7,9,11,14,17H,8H2,1-4H3,(H,18,19)/b10-7+. The van der Waals surface area contributed by atoms with Crippen molar-refractivity contribution >= 4 is 23.2 Å². The number of carbonyl (C=O) groups excluding carboxylic acids is 1. The van der Waals surface area contributed by atoms with E-state index in [0.29, 0.717) is 6.42 Å². The van der Waals surface area contributed by atoms with Crippen molar-refractivity contribution in [1.29, 1.82) is 0 Å². The maximum atomic E-state index is 11.3. The molecule has 1 aromatic carbocycles. The van der Waals surface area contributed by atoms with E-state index < -0.39 is 0 Å². The third-order valence-electron chi connectivity index (χ3n) is 3.76. The molecule has 1 amide bonds. The average molecular weight is 306 g/mol. The van der Waals surface area contributed by atoms with E-state index in [0.717, 1.165) is 5.75 Å². The first-order valence-corrected chi connectivity index (χ1v) is 8.22. The molecule has 1 heterocycles. The molecule has 0 aromatic heterocycles. The summed E-state index contributed by atoms with van der Waals surface area (Å²) in [5.74, 6) is 1.18. The van der Waals surface area contributed by atoms with Gasteiger partial charge in [0.05, 0.1) is 7.11 Å². The Labute approximate surface area is 130 Å². The molecule has 2 atom stereocenters. The number of nitrogens with one attached hydrogen (secondary N) is 2. The molecule has 1 aliphatic rings. The zero-order valence-corrected chi connectivity index (χ0v) is 13.7. The summed E-state index contributed by atoms with van der Waals surface area (Å²) < 4.78 is 5.32.